The molecule has 0 aromatic heterocycles. The first kappa shape index (κ1) is 13.2. The van der Waals surface area contributed by atoms with Crippen molar-refractivity contribution in [3.05, 3.63) is 58.9 Å². The first-order valence-corrected chi connectivity index (χ1v) is 5.37. The van der Waals surface area contributed by atoms with Crippen LogP contribution in [0.15, 0.2) is 42.0 Å². The van der Waals surface area contributed by atoms with Gasteiger partial charge in [-0.25, -0.2) is 4.39 Å². The average molecular weight is 232 g/mol. The SMILES string of the molecule is C=C/C(Cc1ccc(C)cc1F)=C(/C)C(=N)N. The van der Waals surface area contributed by atoms with Crippen LogP contribution in [0.3, 0.4) is 0 Å². The molecule has 0 amide bonds. The normalized spacial score (nSPS) is 11.9. The van der Waals surface area contributed by atoms with E-state index >= 15 is 0 Å². The number of rotatable bonds is 4. The van der Waals surface area contributed by atoms with Crippen molar-refractivity contribution in [3.8, 4) is 0 Å². The summed E-state index contributed by atoms with van der Waals surface area (Å²) in [5.74, 6) is -0.242. The molecule has 0 heterocycles. The molecule has 0 aliphatic rings. The molecule has 17 heavy (non-hydrogen) atoms. The fourth-order valence-electron chi connectivity index (χ4n) is 1.53. The van der Waals surface area contributed by atoms with Crippen molar-refractivity contribution in [1.29, 1.82) is 5.41 Å². The van der Waals surface area contributed by atoms with E-state index < -0.39 is 0 Å². The van der Waals surface area contributed by atoms with E-state index in [1.807, 2.05) is 13.0 Å². The smallest absolute Gasteiger partial charge is 0.126 e. The molecule has 1 aromatic carbocycles. The number of hydrogen-bond donors (Lipinski definition) is 2. The van der Waals surface area contributed by atoms with Crippen LogP contribution in [0.1, 0.15) is 18.1 Å². The van der Waals surface area contributed by atoms with Gasteiger partial charge in [0.15, 0.2) is 0 Å². The minimum absolute atomic E-state index is 0.00702. The average Bonchev–Trinajstić information content (AvgIpc) is 2.27. The molecule has 3 N–H and O–H groups in total. The van der Waals surface area contributed by atoms with E-state index in [1.54, 1.807) is 19.1 Å². The maximum Gasteiger partial charge on any atom is 0.126 e. The Kier molecular flexibility index (Phi) is 4.21. The van der Waals surface area contributed by atoms with E-state index in [4.69, 9.17) is 11.1 Å². The lowest BCUT2D eigenvalue weighted by Crippen LogP contribution is -2.13. The molecule has 2 nitrogen and oxygen atoms in total. The Morgan fingerprint density at radius 3 is 2.65 bits per heavy atom. The third-order valence-electron chi connectivity index (χ3n) is 2.72. The number of aryl methyl sites for hydroxylation is 1. The number of nitrogens with one attached hydrogen (secondary N) is 1. The van der Waals surface area contributed by atoms with Crippen molar-refractivity contribution >= 4 is 5.84 Å². The van der Waals surface area contributed by atoms with Crippen molar-refractivity contribution in [2.45, 2.75) is 20.3 Å². The highest BCUT2D eigenvalue weighted by atomic mass is 19.1. The molecule has 0 saturated heterocycles. The Morgan fingerprint density at radius 1 is 1.53 bits per heavy atom. The summed E-state index contributed by atoms with van der Waals surface area (Å²) in [6.45, 7) is 7.26. The highest BCUT2D eigenvalue weighted by molar-refractivity contribution is 5.95. The maximum absolute atomic E-state index is 13.7. The lowest BCUT2D eigenvalue weighted by Gasteiger charge is -2.09. The van der Waals surface area contributed by atoms with Crippen LogP contribution in [-0.4, -0.2) is 5.84 Å². The molecule has 0 spiro atoms. The first-order chi connectivity index (χ1) is 7.95. The van der Waals surface area contributed by atoms with Crippen LogP contribution in [0.25, 0.3) is 0 Å². The van der Waals surface area contributed by atoms with E-state index in [2.05, 4.69) is 6.58 Å². The molecule has 1 rings (SSSR count). The standard InChI is InChI=1S/C14H17FN2/c1-4-11(10(3)14(16)17)8-12-6-5-9(2)7-13(12)15/h4-7H,1,8H2,2-3H3,(H3,16,17)/b11-10+. The topological polar surface area (TPSA) is 49.9 Å². The van der Waals surface area contributed by atoms with Gasteiger partial charge in [0.05, 0.1) is 0 Å². The zero-order valence-electron chi connectivity index (χ0n) is 10.2. The summed E-state index contributed by atoms with van der Waals surface area (Å²) in [6.07, 6.45) is 2.02. The lowest BCUT2D eigenvalue weighted by molar-refractivity contribution is 0.612. The van der Waals surface area contributed by atoms with Crippen LogP contribution in [0, 0.1) is 18.2 Å². The largest absolute Gasteiger partial charge is 0.384 e. The molecule has 1 aromatic rings. The third-order valence-corrected chi connectivity index (χ3v) is 2.72. The summed E-state index contributed by atoms with van der Waals surface area (Å²) in [6, 6.07) is 5.11. The predicted molar refractivity (Wildman–Crippen MR) is 69.7 cm³/mol. The van der Waals surface area contributed by atoms with Gasteiger partial charge in [-0.1, -0.05) is 24.8 Å². The molecular weight excluding hydrogens is 215 g/mol. The molecule has 3 heteroatoms. The number of allylic oxidation sites excluding steroid dienone is 2. The van der Waals surface area contributed by atoms with E-state index in [0.29, 0.717) is 17.6 Å². The van der Waals surface area contributed by atoms with E-state index in [9.17, 15) is 4.39 Å². The van der Waals surface area contributed by atoms with Gasteiger partial charge in [0.1, 0.15) is 11.7 Å². The Hall–Kier alpha value is -1.90. The molecule has 0 aliphatic carbocycles. The molecule has 0 fully saturated rings. The third kappa shape index (κ3) is 3.28. The van der Waals surface area contributed by atoms with Gasteiger partial charge in [-0.3, -0.25) is 5.41 Å². The fraction of sp³-hybridized carbons (Fsp3) is 0.214. The molecule has 0 atom stereocenters. The van der Waals surface area contributed by atoms with Gasteiger partial charge >= 0.3 is 0 Å². The van der Waals surface area contributed by atoms with Crippen molar-refractivity contribution in [1.82, 2.24) is 0 Å². The predicted octanol–water partition coefficient (Wildman–Crippen LogP) is 3.12. The second-order valence-corrected chi connectivity index (χ2v) is 4.04. The molecule has 0 aliphatic heterocycles. The van der Waals surface area contributed by atoms with Crippen LogP contribution >= 0.6 is 0 Å². The van der Waals surface area contributed by atoms with Gasteiger partial charge < -0.3 is 5.73 Å². The van der Waals surface area contributed by atoms with Crippen LogP contribution < -0.4 is 5.73 Å². The number of hydrogen-bond acceptors (Lipinski definition) is 1. The van der Waals surface area contributed by atoms with Crippen LogP contribution in [0.5, 0.6) is 0 Å². The Labute approximate surface area is 101 Å². The Balaban J connectivity index is 3.08. The van der Waals surface area contributed by atoms with Gasteiger partial charge in [-0.15, -0.1) is 0 Å². The number of nitrogens with two attached hydrogens (primary N) is 1. The van der Waals surface area contributed by atoms with Crippen molar-refractivity contribution in [3.63, 3.8) is 0 Å². The minimum atomic E-state index is -0.235. The summed E-state index contributed by atoms with van der Waals surface area (Å²) in [7, 11) is 0. The molecule has 0 bridgehead atoms. The van der Waals surface area contributed by atoms with E-state index in [0.717, 1.165) is 11.1 Å². The quantitative estimate of drug-likeness (QED) is 0.467. The van der Waals surface area contributed by atoms with Crippen molar-refractivity contribution in [2.24, 2.45) is 5.73 Å². The fourth-order valence-corrected chi connectivity index (χ4v) is 1.53. The Bertz CT molecular complexity index is 487. The van der Waals surface area contributed by atoms with Gasteiger partial charge in [-0.05, 0) is 42.2 Å². The summed E-state index contributed by atoms with van der Waals surface area (Å²) in [4.78, 5) is 0. The second-order valence-electron chi connectivity index (χ2n) is 4.04. The van der Waals surface area contributed by atoms with Gasteiger partial charge in [0, 0.05) is 6.42 Å². The van der Waals surface area contributed by atoms with Crippen LogP contribution in [-0.2, 0) is 6.42 Å². The summed E-state index contributed by atoms with van der Waals surface area (Å²) >= 11 is 0. The molecule has 0 radical (unpaired) electrons. The highest BCUT2D eigenvalue weighted by Crippen LogP contribution is 2.17. The summed E-state index contributed by atoms with van der Waals surface area (Å²) < 4.78 is 13.7. The van der Waals surface area contributed by atoms with Gasteiger partial charge in [0.25, 0.3) is 0 Å². The van der Waals surface area contributed by atoms with Crippen molar-refractivity contribution < 1.29 is 4.39 Å². The number of amidine groups is 1. The first-order valence-electron chi connectivity index (χ1n) is 5.37. The summed E-state index contributed by atoms with van der Waals surface area (Å²) in [5.41, 5.74) is 8.31. The molecular formula is C14H17FN2. The molecule has 0 saturated carbocycles. The zero-order valence-corrected chi connectivity index (χ0v) is 10.2. The van der Waals surface area contributed by atoms with Crippen molar-refractivity contribution in [2.75, 3.05) is 0 Å². The highest BCUT2D eigenvalue weighted by Gasteiger charge is 2.07. The van der Waals surface area contributed by atoms with Gasteiger partial charge in [-0.2, -0.15) is 0 Å². The molecule has 0 unspecified atom stereocenters. The number of benzene rings is 1. The number of halogens is 1. The Morgan fingerprint density at radius 2 is 2.18 bits per heavy atom. The van der Waals surface area contributed by atoms with Gasteiger partial charge in [0.2, 0.25) is 0 Å². The van der Waals surface area contributed by atoms with Crippen LogP contribution in [0.2, 0.25) is 0 Å². The zero-order chi connectivity index (χ0) is 13.0. The summed E-state index contributed by atoms with van der Waals surface area (Å²) in [5, 5.41) is 7.37. The second kappa shape index (κ2) is 5.43. The lowest BCUT2D eigenvalue weighted by atomic mass is 9.99. The van der Waals surface area contributed by atoms with Crippen LogP contribution in [0.4, 0.5) is 4.39 Å². The minimum Gasteiger partial charge on any atom is -0.384 e. The molecule has 90 valence electrons. The van der Waals surface area contributed by atoms with E-state index in [1.165, 1.54) is 6.07 Å². The van der Waals surface area contributed by atoms with E-state index in [-0.39, 0.29) is 11.7 Å². The monoisotopic (exact) mass is 232 g/mol. The maximum atomic E-state index is 13.7.